The van der Waals surface area contributed by atoms with Crippen LogP contribution in [0.25, 0.3) is 0 Å². The number of nitrogens with one attached hydrogen (secondary N) is 1. The van der Waals surface area contributed by atoms with Gasteiger partial charge in [0, 0.05) is 18.1 Å². The van der Waals surface area contributed by atoms with Crippen molar-refractivity contribution in [1.82, 2.24) is 10.2 Å². The van der Waals surface area contributed by atoms with Crippen molar-refractivity contribution in [3.63, 3.8) is 0 Å². The first-order valence-electron chi connectivity index (χ1n) is 6.14. The van der Waals surface area contributed by atoms with Crippen molar-refractivity contribution in [2.24, 2.45) is 5.73 Å². The van der Waals surface area contributed by atoms with Crippen molar-refractivity contribution in [1.29, 1.82) is 0 Å². The Morgan fingerprint density at radius 1 is 1.50 bits per heavy atom. The fraction of sp³-hybridized carbons (Fsp3) is 0.917. The highest BCUT2D eigenvalue weighted by Crippen LogP contribution is 2.25. The zero-order chi connectivity index (χ0) is 12.3. The van der Waals surface area contributed by atoms with E-state index in [9.17, 15) is 4.79 Å². The number of nitrogens with two attached hydrogens (primary N) is 1. The third-order valence-electron chi connectivity index (χ3n) is 3.19. The maximum atomic E-state index is 12.0. The second kappa shape index (κ2) is 5.15. The van der Waals surface area contributed by atoms with Gasteiger partial charge in [-0.05, 0) is 47.1 Å². The number of hydrogen-bond acceptors (Lipinski definition) is 3. The van der Waals surface area contributed by atoms with E-state index in [0.717, 1.165) is 19.4 Å². The minimum absolute atomic E-state index is 0.000926. The SMILES string of the molecule is CC1CCNC(=O)C(CCN)N1C(C)(C)C. The number of hydrogen-bond donors (Lipinski definition) is 2. The largest absolute Gasteiger partial charge is 0.355 e. The topological polar surface area (TPSA) is 58.4 Å². The number of amides is 1. The van der Waals surface area contributed by atoms with E-state index in [2.05, 4.69) is 37.9 Å². The molecule has 4 heteroatoms. The van der Waals surface area contributed by atoms with Gasteiger partial charge < -0.3 is 11.1 Å². The van der Waals surface area contributed by atoms with E-state index < -0.39 is 0 Å². The number of carbonyl (C=O) groups is 1. The zero-order valence-corrected chi connectivity index (χ0v) is 10.9. The van der Waals surface area contributed by atoms with Crippen LogP contribution >= 0.6 is 0 Å². The molecule has 1 saturated heterocycles. The average molecular weight is 227 g/mol. The molecule has 2 unspecified atom stereocenters. The monoisotopic (exact) mass is 227 g/mol. The summed E-state index contributed by atoms with van der Waals surface area (Å²) in [4.78, 5) is 14.3. The highest BCUT2D eigenvalue weighted by molar-refractivity contribution is 5.82. The highest BCUT2D eigenvalue weighted by Gasteiger charge is 2.37. The van der Waals surface area contributed by atoms with Crippen molar-refractivity contribution in [3.8, 4) is 0 Å². The van der Waals surface area contributed by atoms with E-state index in [1.807, 2.05) is 0 Å². The lowest BCUT2D eigenvalue weighted by atomic mass is 9.97. The van der Waals surface area contributed by atoms with Crippen LogP contribution in [-0.4, -0.2) is 41.5 Å². The van der Waals surface area contributed by atoms with Crippen LogP contribution in [0.15, 0.2) is 0 Å². The van der Waals surface area contributed by atoms with Crippen molar-refractivity contribution >= 4 is 5.91 Å². The van der Waals surface area contributed by atoms with Crippen LogP contribution in [0, 0.1) is 0 Å². The standard InChI is InChI=1S/C12H25N3O/c1-9-6-8-14-11(16)10(5-7-13)15(9)12(2,3)4/h9-10H,5-8,13H2,1-4H3,(H,14,16). The molecule has 1 amide bonds. The first-order chi connectivity index (χ1) is 7.38. The van der Waals surface area contributed by atoms with Crippen LogP contribution in [-0.2, 0) is 4.79 Å². The summed E-state index contributed by atoms with van der Waals surface area (Å²) in [5, 5.41) is 2.98. The first-order valence-corrected chi connectivity index (χ1v) is 6.14. The lowest BCUT2D eigenvalue weighted by molar-refractivity contribution is -0.128. The molecule has 0 aromatic carbocycles. The van der Waals surface area contributed by atoms with E-state index in [1.54, 1.807) is 0 Å². The molecule has 1 aliphatic heterocycles. The average Bonchev–Trinajstić information content (AvgIpc) is 2.26. The van der Waals surface area contributed by atoms with Crippen LogP contribution in [0.1, 0.15) is 40.5 Å². The molecule has 3 N–H and O–H groups in total. The van der Waals surface area contributed by atoms with Crippen LogP contribution in [0.3, 0.4) is 0 Å². The molecular weight excluding hydrogens is 202 g/mol. The van der Waals surface area contributed by atoms with Gasteiger partial charge in [0.15, 0.2) is 0 Å². The smallest absolute Gasteiger partial charge is 0.237 e. The normalized spacial score (nSPS) is 28.7. The molecule has 94 valence electrons. The number of nitrogens with zero attached hydrogens (tertiary/aromatic N) is 1. The molecule has 0 saturated carbocycles. The van der Waals surface area contributed by atoms with Gasteiger partial charge in [-0.2, -0.15) is 0 Å². The summed E-state index contributed by atoms with van der Waals surface area (Å²) in [6.45, 7) is 9.99. The number of rotatable bonds is 2. The molecule has 0 aliphatic carbocycles. The Kier molecular flexibility index (Phi) is 4.33. The summed E-state index contributed by atoms with van der Waals surface area (Å²) in [5.74, 6) is 0.129. The van der Waals surface area contributed by atoms with Gasteiger partial charge in [-0.1, -0.05) is 0 Å². The van der Waals surface area contributed by atoms with Crippen molar-refractivity contribution in [3.05, 3.63) is 0 Å². The Morgan fingerprint density at radius 3 is 2.62 bits per heavy atom. The molecule has 1 fully saturated rings. The minimum Gasteiger partial charge on any atom is -0.355 e. The molecule has 0 spiro atoms. The Balaban J connectivity index is 2.96. The Labute approximate surface area is 98.6 Å². The first kappa shape index (κ1) is 13.5. The van der Waals surface area contributed by atoms with E-state index in [-0.39, 0.29) is 17.5 Å². The maximum absolute atomic E-state index is 12.0. The van der Waals surface area contributed by atoms with Crippen molar-refractivity contribution in [2.75, 3.05) is 13.1 Å². The van der Waals surface area contributed by atoms with Gasteiger partial charge in [0.25, 0.3) is 0 Å². The predicted molar refractivity (Wildman–Crippen MR) is 66.1 cm³/mol. The summed E-state index contributed by atoms with van der Waals surface area (Å²) in [7, 11) is 0. The Hall–Kier alpha value is -0.610. The van der Waals surface area contributed by atoms with Gasteiger partial charge in [-0.25, -0.2) is 0 Å². The van der Waals surface area contributed by atoms with E-state index in [0.29, 0.717) is 12.6 Å². The molecule has 16 heavy (non-hydrogen) atoms. The lowest BCUT2D eigenvalue weighted by Crippen LogP contribution is -2.56. The Morgan fingerprint density at radius 2 is 2.12 bits per heavy atom. The second-order valence-electron chi connectivity index (χ2n) is 5.60. The molecule has 4 nitrogen and oxygen atoms in total. The van der Waals surface area contributed by atoms with Crippen molar-refractivity contribution < 1.29 is 4.79 Å². The summed E-state index contributed by atoms with van der Waals surface area (Å²) in [5.41, 5.74) is 5.62. The molecule has 0 bridgehead atoms. The van der Waals surface area contributed by atoms with Gasteiger partial charge in [0.05, 0.1) is 6.04 Å². The minimum atomic E-state index is -0.0810. The number of carbonyl (C=O) groups excluding carboxylic acids is 1. The predicted octanol–water partition coefficient (Wildman–Crippen LogP) is 0.713. The molecule has 1 aliphatic rings. The summed E-state index contributed by atoms with van der Waals surface area (Å²) >= 11 is 0. The zero-order valence-electron chi connectivity index (χ0n) is 10.9. The summed E-state index contributed by atoms with van der Waals surface area (Å²) in [6, 6.07) is 0.331. The molecule has 2 atom stereocenters. The third-order valence-corrected chi connectivity index (χ3v) is 3.19. The van der Waals surface area contributed by atoms with E-state index in [1.165, 1.54) is 0 Å². The highest BCUT2D eigenvalue weighted by atomic mass is 16.2. The summed E-state index contributed by atoms with van der Waals surface area (Å²) in [6.07, 6.45) is 1.73. The summed E-state index contributed by atoms with van der Waals surface area (Å²) < 4.78 is 0. The van der Waals surface area contributed by atoms with E-state index in [4.69, 9.17) is 5.73 Å². The fourth-order valence-corrected chi connectivity index (χ4v) is 2.65. The van der Waals surface area contributed by atoms with Crippen LogP contribution in [0.5, 0.6) is 0 Å². The molecule has 0 radical (unpaired) electrons. The van der Waals surface area contributed by atoms with Crippen LogP contribution in [0.2, 0.25) is 0 Å². The lowest BCUT2D eigenvalue weighted by Gasteiger charge is -2.43. The van der Waals surface area contributed by atoms with Crippen LogP contribution < -0.4 is 11.1 Å². The van der Waals surface area contributed by atoms with Gasteiger partial charge in [0.1, 0.15) is 0 Å². The molecule has 0 aromatic heterocycles. The van der Waals surface area contributed by atoms with Gasteiger partial charge in [0.2, 0.25) is 5.91 Å². The van der Waals surface area contributed by atoms with Crippen LogP contribution in [0.4, 0.5) is 0 Å². The van der Waals surface area contributed by atoms with E-state index >= 15 is 0 Å². The third kappa shape index (κ3) is 2.95. The van der Waals surface area contributed by atoms with Gasteiger partial charge in [-0.3, -0.25) is 9.69 Å². The maximum Gasteiger partial charge on any atom is 0.237 e. The molecule has 1 heterocycles. The molecule has 1 rings (SSSR count). The van der Waals surface area contributed by atoms with Gasteiger partial charge >= 0.3 is 0 Å². The van der Waals surface area contributed by atoms with Crippen molar-refractivity contribution in [2.45, 2.75) is 58.2 Å². The molecular formula is C12H25N3O. The second-order valence-corrected chi connectivity index (χ2v) is 5.60. The quantitative estimate of drug-likeness (QED) is 0.730. The Bertz CT molecular complexity index is 247. The fourth-order valence-electron chi connectivity index (χ4n) is 2.65. The molecule has 0 aromatic rings. The van der Waals surface area contributed by atoms with Gasteiger partial charge in [-0.15, -0.1) is 0 Å².